The Hall–Kier alpha value is -2.00. The van der Waals surface area contributed by atoms with Gasteiger partial charge < -0.3 is 10.6 Å². The molecule has 0 heterocycles. The first-order chi connectivity index (χ1) is 12.2. The lowest BCUT2D eigenvalue weighted by Gasteiger charge is -2.20. The second-order valence-corrected chi connectivity index (χ2v) is 7.33. The van der Waals surface area contributed by atoms with E-state index in [0.717, 1.165) is 42.8 Å². The van der Waals surface area contributed by atoms with Crippen molar-refractivity contribution in [2.24, 2.45) is 5.92 Å². The van der Waals surface area contributed by atoms with Crippen molar-refractivity contribution >= 4 is 23.6 Å². The summed E-state index contributed by atoms with van der Waals surface area (Å²) >= 11 is 1.67. The topological polar surface area (TPSA) is 82.0 Å². The van der Waals surface area contributed by atoms with Gasteiger partial charge in [-0.05, 0) is 24.5 Å². The molecule has 1 aliphatic carbocycles. The number of amides is 2. The van der Waals surface area contributed by atoms with Gasteiger partial charge in [-0.3, -0.25) is 9.59 Å². The molecule has 1 aliphatic rings. The summed E-state index contributed by atoms with van der Waals surface area (Å²) in [7, 11) is 0. The second kappa shape index (κ2) is 10.8. The van der Waals surface area contributed by atoms with E-state index in [2.05, 4.69) is 16.7 Å². The zero-order valence-electron chi connectivity index (χ0n) is 14.4. The Morgan fingerprint density at radius 3 is 2.68 bits per heavy atom. The molecule has 0 radical (unpaired) electrons. The van der Waals surface area contributed by atoms with E-state index in [1.165, 1.54) is 6.42 Å². The molecule has 0 saturated heterocycles. The zero-order valence-corrected chi connectivity index (χ0v) is 15.2. The third-order valence-corrected chi connectivity index (χ3v) is 5.37. The van der Waals surface area contributed by atoms with E-state index in [1.54, 1.807) is 11.8 Å². The van der Waals surface area contributed by atoms with E-state index < -0.39 is 0 Å². The smallest absolute Gasteiger partial charge is 0.239 e. The molecule has 1 saturated carbocycles. The lowest BCUT2D eigenvalue weighted by atomic mass is 9.89. The predicted molar refractivity (Wildman–Crippen MR) is 99.9 cm³/mol. The minimum Gasteiger partial charge on any atom is -0.354 e. The lowest BCUT2D eigenvalue weighted by molar-refractivity contribution is -0.129. The molecule has 0 aliphatic heterocycles. The van der Waals surface area contributed by atoms with Crippen molar-refractivity contribution < 1.29 is 9.59 Å². The molecule has 0 spiro atoms. The summed E-state index contributed by atoms with van der Waals surface area (Å²) in [6.45, 7) is 0.606. The van der Waals surface area contributed by atoms with E-state index in [-0.39, 0.29) is 24.3 Å². The zero-order chi connectivity index (χ0) is 17.9. The SMILES string of the molecule is N#Cc1ccccc1CSCCNC(=O)CNC(=O)C1CCCCC1. The van der Waals surface area contributed by atoms with Crippen LogP contribution in [-0.2, 0) is 15.3 Å². The molecular formula is C19H25N3O2S. The summed E-state index contributed by atoms with van der Waals surface area (Å²) in [6, 6.07) is 9.73. The molecule has 134 valence electrons. The standard InChI is InChI=1S/C19H25N3O2S/c20-12-16-8-4-5-9-17(16)14-25-11-10-21-18(23)13-22-19(24)15-6-2-1-3-7-15/h4-5,8-9,15H,1-3,6-7,10-11,13-14H2,(H,21,23)(H,22,24). The number of nitriles is 1. The highest BCUT2D eigenvalue weighted by Gasteiger charge is 2.21. The van der Waals surface area contributed by atoms with Crippen molar-refractivity contribution in [1.29, 1.82) is 5.26 Å². The first kappa shape index (κ1) is 19.3. The number of rotatable bonds is 8. The van der Waals surface area contributed by atoms with Gasteiger partial charge in [-0.25, -0.2) is 0 Å². The molecule has 0 aromatic heterocycles. The largest absolute Gasteiger partial charge is 0.354 e. The predicted octanol–water partition coefficient (Wildman–Crippen LogP) is 2.60. The molecule has 0 bridgehead atoms. The van der Waals surface area contributed by atoms with E-state index in [1.807, 2.05) is 24.3 Å². The summed E-state index contributed by atoms with van der Waals surface area (Å²) in [5, 5.41) is 14.6. The summed E-state index contributed by atoms with van der Waals surface area (Å²) in [6.07, 6.45) is 5.30. The average molecular weight is 359 g/mol. The Morgan fingerprint density at radius 2 is 1.92 bits per heavy atom. The van der Waals surface area contributed by atoms with Gasteiger partial charge in [0.25, 0.3) is 0 Å². The monoisotopic (exact) mass is 359 g/mol. The van der Waals surface area contributed by atoms with Crippen molar-refractivity contribution in [2.45, 2.75) is 37.9 Å². The first-order valence-corrected chi connectivity index (χ1v) is 9.96. The lowest BCUT2D eigenvalue weighted by Crippen LogP contribution is -2.40. The Kier molecular flexibility index (Phi) is 8.33. The Bertz CT molecular complexity index is 621. The molecule has 6 heteroatoms. The van der Waals surface area contributed by atoms with Gasteiger partial charge in [0, 0.05) is 24.0 Å². The average Bonchev–Trinajstić information content (AvgIpc) is 2.66. The fourth-order valence-corrected chi connectivity index (χ4v) is 3.80. The minimum absolute atomic E-state index is 0.0114. The van der Waals surface area contributed by atoms with Crippen LogP contribution in [0.1, 0.15) is 43.2 Å². The van der Waals surface area contributed by atoms with Crippen LogP contribution in [0.4, 0.5) is 0 Å². The van der Waals surface area contributed by atoms with E-state index >= 15 is 0 Å². The maximum absolute atomic E-state index is 12.0. The normalized spacial score (nSPS) is 14.5. The molecule has 2 N–H and O–H groups in total. The maximum atomic E-state index is 12.0. The van der Waals surface area contributed by atoms with Crippen LogP contribution in [0.5, 0.6) is 0 Å². The third-order valence-electron chi connectivity index (χ3n) is 4.36. The molecule has 1 aromatic rings. The van der Waals surface area contributed by atoms with Gasteiger partial charge in [-0.15, -0.1) is 0 Å². The van der Waals surface area contributed by atoms with Gasteiger partial charge in [0.05, 0.1) is 18.2 Å². The highest BCUT2D eigenvalue weighted by molar-refractivity contribution is 7.98. The summed E-state index contributed by atoms with van der Waals surface area (Å²) in [4.78, 5) is 23.8. The second-order valence-electron chi connectivity index (χ2n) is 6.22. The number of nitrogens with zero attached hydrogens (tertiary/aromatic N) is 1. The Balaban J connectivity index is 1.56. The highest BCUT2D eigenvalue weighted by atomic mass is 32.2. The third kappa shape index (κ3) is 6.79. The van der Waals surface area contributed by atoms with Crippen LogP contribution in [0.25, 0.3) is 0 Å². The summed E-state index contributed by atoms with van der Waals surface area (Å²) in [5.41, 5.74) is 1.71. The molecule has 0 unspecified atom stereocenters. The van der Waals surface area contributed by atoms with Crippen LogP contribution in [0.2, 0.25) is 0 Å². The molecule has 2 rings (SSSR count). The van der Waals surface area contributed by atoms with Crippen molar-refractivity contribution in [3.05, 3.63) is 35.4 Å². The fraction of sp³-hybridized carbons (Fsp3) is 0.526. The van der Waals surface area contributed by atoms with Gasteiger partial charge in [-0.1, -0.05) is 37.5 Å². The van der Waals surface area contributed by atoms with E-state index in [4.69, 9.17) is 5.26 Å². The molecule has 5 nitrogen and oxygen atoms in total. The van der Waals surface area contributed by atoms with Crippen molar-refractivity contribution in [2.75, 3.05) is 18.8 Å². The van der Waals surface area contributed by atoms with Crippen molar-refractivity contribution in [3.63, 3.8) is 0 Å². The quantitative estimate of drug-likeness (QED) is 0.699. The van der Waals surface area contributed by atoms with Gasteiger partial charge in [0.1, 0.15) is 0 Å². The molecule has 2 amide bonds. The number of thioether (sulfide) groups is 1. The number of carbonyl (C=O) groups excluding carboxylic acids is 2. The van der Waals surface area contributed by atoms with Crippen LogP contribution in [0.3, 0.4) is 0 Å². The number of hydrogen-bond acceptors (Lipinski definition) is 4. The van der Waals surface area contributed by atoms with Gasteiger partial charge >= 0.3 is 0 Å². The van der Waals surface area contributed by atoms with Crippen LogP contribution in [0.15, 0.2) is 24.3 Å². The number of carbonyl (C=O) groups is 2. The molecule has 25 heavy (non-hydrogen) atoms. The fourth-order valence-electron chi connectivity index (χ4n) is 2.94. The van der Waals surface area contributed by atoms with Gasteiger partial charge in [0.2, 0.25) is 11.8 Å². The summed E-state index contributed by atoms with van der Waals surface area (Å²) < 4.78 is 0. The van der Waals surface area contributed by atoms with E-state index in [0.29, 0.717) is 12.1 Å². The van der Waals surface area contributed by atoms with Crippen LogP contribution < -0.4 is 10.6 Å². The number of benzene rings is 1. The maximum Gasteiger partial charge on any atom is 0.239 e. The van der Waals surface area contributed by atoms with Gasteiger partial charge in [0.15, 0.2) is 0 Å². The van der Waals surface area contributed by atoms with Crippen molar-refractivity contribution in [3.8, 4) is 6.07 Å². The number of hydrogen-bond donors (Lipinski definition) is 2. The highest BCUT2D eigenvalue weighted by Crippen LogP contribution is 2.23. The number of nitrogens with one attached hydrogen (secondary N) is 2. The molecule has 0 atom stereocenters. The van der Waals surface area contributed by atoms with Crippen molar-refractivity contribution in [1.82, 2.24) is 10.6 Å². The molecule has 1 fully saturated rings. The van der Waals surface area contributed by atoms with E-state index in [9.17, 15) is 9.59 Å². The molecule has 1 aromatic carbocycles. The van der Waals surface area contributed by atoms with Crippen LogP contribution in [0, 0.1) is 17.2 Å². The van der Waals surface area contributed by atoms with Crippen LogP contribution in [-0.4, -0.2) is 30.7 Å². The Morgan fingerprint density at radius 1 is 1.16 bits per heavy atom. The summed E-state index contributed by atoms with van der Waals surface area (Å²) in [5.74, 6) is 1.46. The first-order valence-electron chi connectivity index (χ1n) is 8.81. The Labute approximate surface area is 153 Å². The molecular weight excluding hydrogens is 334 g/mol. The van der Waals surface area contributed by atoms with Crippen LogP contribution >= 0.6 is 11.8 Å². The minimum atomic E-state index is -0.151. The van der Waals surface area contributed by atoms with Gasteiger partial charge in [-0.2, -0.15) is 17.0 Å².